The maximum absolute atomic E-state index is 11.9. The molecule has 0 atom stereocenters. The Morgan fingerprint density at radius 2 is 1.67 bits per heavy atom. The van der Waals surface area contributed by atoms with Crippen molar-refractivity contribution in [1.29, 1.82) is 0 Å². The van der Waals surface area contributed by atoms with Crippen LogP contribution in [0.5, 0.6) is 0 Å². The van der Waals surface area contributed by atoms with E-state index >= 15 is 0 Å². The van der Waals surface area contributed by atoms with Gasteiger partial charge < -0.3 is 4.90 Å². The van der Waals surface area contributed by atoms with E-state index in [4.69, 9.17) is 0 Å². The minimum absolute atomic E-state index is 0.0241. The third kappa shape index (κ3) is 3.99. The van der Waals surface area contributed by atoms with Crippen LogP contribution in [0.4, 0.5) is 0 Å². The van der Waals surface area contributed by atoms with Gasteiger partial charge in [0.05, 0.1) is 0 Å². The van der Waals surface area contributed by atoms with E-state index in [0.717, 1.165) is 6.42 Å². The number of carbonyl (C=O) groups is 2. The Bertz CT molecular complexity index is 409. The average Bonchev–Trinajstić information content (AvgIpc) is 2.43. The summed E-state index contributed by atoms with van der Waals surface area (Å²) in [4.78, 5) is 25.1. The second kappa shape index (κ2) is 6.94. The molecule has 0 aliphatic heterocycles. The van der Waals surface area contributed by atoms with Crippen molar-refractivity contribution < 1.29 is 9.59 Å². The van der Waals surface area contributed by atoms with Gasteiger partial charge in [-0.05, 0) is 18.9 Å². The first-order chi connectivity index (χ1) is 8.58. The quantitative estimate of drug-likeness (QED) is 0.725. The molecule has 3 nitrogen and oxygen atoms in total. The summed E-state index contributed by atoms with van der Waals surface area (Å²) < 4.78 is 0. The molecule has 0 saturated carbocycles. The first-order valence-corrected chi connectivity index (χ1v) is 6.44. The number of hydrogen-bond acceptors (Lipinski definition) is 2. The molecule has 0 saturated heterocycles. The summed E-state index contributed by atoms with van der Waals surface area (Å²) in [6, 6.07) is 7.62. The molecule has 0 bridgehead atoms. The van der Waals surface area contributed by atoms with Crippen molar-refractivity contribution in [3.8, 4) is 0 Å². The summed E-state index contributed by atoms with van der Waals surface area (Å²) in [5, 5.41) is 0. The van der Waals surface area contributed by atoms with E-state index in [-0.39, 0.29) is 18.1 Å². The minimum Gasteiger partial charge on any atom is -0.346 e. The van der Waals surface area contributed by atoms with Gasteiger partial charge in [-0.3, -0.25) is 9.59 Å². The molecule has 0 aliphatic rings. The second-order valence-electron chi connectivity index (χ2n) is 4.38. The number of hydrogen-bond donors (Lipinski definition) is 0. The fourth-order valence-corrected chi connectivity index (χ4v) is 1.66. The van der Waals surface area contributed by atoms with Gasteiger partial charge in [-0.15, -0.1) is 0 Å². The number of carbonyl (C=O) groups excluding carboxylic acids is 2. The lowest BCUT2D eigenvalue weighted by Crippen LogP contribution is -2.26. The number of amides is 1. The number of Topliss-reactive ketones (excluding diaryl/α,β-unsaturated/α-hetero) is 1. The molecule has 1 aromatic rings. The van der Waals surface area contributed by atoms with Crippen LogP contribution in [0.25, 0.3) is 0 Å². The first kappa shape index (κ1) is 14.4. The Balaban J connectivity index is 2.52. The number of aryl methyl sites for hydroxylation is 1. The molecule has 0 unspecified atom stereocenters. The lowest BCUT2D eigenvalue weighted by molar-refractivity contribution is -0.129. The standard InChI is InChI=1S/C15H21NO2/c1-4-12-6-8-13(9-7-12)14(17)10-11-15(18)16(3)5-2/h6-9H,4-5,10-11H2,1-3H3. The van der Waals surface area contributed by atoms with Crippen LogP contribution in [0.2, 0.25) is 0 Å². The zero-order chi connectivity index (χ0) is 13.5. The average molecular weight is 247 g/mol. The van der Waals surface area contributed by atoms with Crippen molar-refractivity contribution in [3.05, 3.63) is 35.4 Å². The van der Waals surface area contributed by atoms with E-state index < -0.39 is 0 Å². The Hall–Kier alpha value is -1.64. The second-order valence-corrected chi connectivity index (χ2v) is 4.38. The molecular formula is C15H21NO2. The Morgan fingerprint density at radius 3 is 2.17 bits per heavy atom. The molecule has 0 radical (unpaired) electrons. The molecule has 0 aliphatic carbocycles. The van der Waals surface area contributed by atoms with Gasteiger partial charge in [-0.25, -0.2) is 0 Å². The molecule has 0 heterocycles. The zero-order valence-corrected chi connectivity index (χ0v) is 11.4. The Kier molecular flexibility index (Phi) is 5.56. The fraction of sp³-hybridized carbons (Fsp3) is 0.467. The van der Waals surface area contributed by atoms with Gasteiger partial charge in [-0.1, -0.05) is 31.2 Å². The van der Waals surface area contributed by atoms with Crippen molar-refractivity contribution in [2.75, 3.05) is 13.6 Å². The highest BCUT2D eigenvalue weighted by Gasteiger charge is 2.11. The fourth-order valence-electron chi connectivity index (χ4n) is 1.66. The highest BCUT2D eigenvalue weighted by Crippen LogP contribution is 2.09. The van der Waals surface area contributed by atoms with Crippen molar-refractivity contribution in [2.45, 2.75) is 33.1 Å². The van der Waals surface area contributed by atoms with E-state index in [2.05, 4.69) is 6.92 Å². The molecule has 1 aromatic carbocycles. The molecule has 1 rings (SSSR count). The van der Waals surface area contributed by atoms with Gasteiger partial charge in [0, 0.05) is 32.0 Å². The van der Waals surface area contributed by atoms with Crippen molar-refractivity contribution in [2.24, 2.45) is 0 Å². The lowest BCUT2D eigenvalue weighted by Gasteiger charge is -2.13. The predicted molar refractivity (Wildman–Crippen MR) is 72.7 cm³/mol. The van der Waals surface area contributed by atoms with Crippen LogP contribution in [0.3, 0.4) is 0 Å². The van der Waals surface area contributed by atoms with Crippen molar-refractivity contribution in [1.82, 2.24) is 4.90 Å². The van der Waals surface area contributed by atoms with Crippen LogP contribution >= 0.6 is 0 Å². The highest BCUT2D eigenvalue weighted by molar-refractivity contribution is 5.97. The van der Waals surface area contributed by atoms with Gasteiger partial charge in [0.2, 0.25) is 5.91 Å². The van der Waals surface area contributed by atoms with Gasteiger partial charge in [-0.2, -0.15) is 0 Å². The van der Waals surface area contributed by atoms with Crippen molar-refractivity contribution in [3.63, 3.8) is 0 Å². The van der Waals surface area contributed by atoms with E-state index in [9.17, 15) is 9.59 Å². The van der Waals surface area contributed by atoms with Crippen LogP contribution in [-0.4, -0.2) is 30.2 Å². The van der Waals surface area contributed by atoms with Gasteiger partial charge in [0.25, 0.3) is 0 Å². The summed E-state index contributed by atoms with van der Waals surface area (Å²) in [5.74, 6) is 0.0616. The monoisotopic (exact) mass is 247 g/mol. The van der Waals surface area contributed by atoms with Crippen LogP contribution < -0.4 is 0 Å². The lowest BCUT2D eigenvalue weighted by atomic mass is 10.0. The summed E-state index contributed by atoms with van der Waals surface area (Å²) in [7, 11) is 1.75. The molecule has 0 aromatic heterocycles. The summed E-state index contributed by atoms with van der Waals surface area (Å²) >= 11 is 0. The van der Waals surface area contributed by atoms with Gasteiger partial charge in [0.15, 0.2) is 5.78 Å². The normalized spacial score (nSPS) is 10.2. The van der Waals surface area contributed by atoms with E-state index in [1.54, 1.807) is 11.9 Å². The summed E-state index contributed by atoms with van der Waals surface area (Å²) in [6.45, 7) is 4.68. The highest BCUT2D eigenvalue weighted by atomic mass is 16.2. The predicted octanol–water partition coefficient (Wildman–Crippen LogP) is 2.69. The molecule has 0 N–H and O–H groups in total. The third-order valence-electron chi connectivity index (χ3n) is 3.15. The molecule has 3 heteroatoms. The molecular weight excluding hydrogens is 226 g/mol. The largest absolute Gasteiger partial charge is 0.346 e. The van der Waals surface area contributed by atoms with Crippen LogP contribution in [-0.2, 0) is 11.2 Å². The van der Waals surface area contributed by atoms with E-state index in [1.807, 2.05) is 31.2 Å². The van der Waals surface area contributed by atoms with Crippen LogP contribution in [0.15, 0.2) is 24.3 Å². The number of ketones is 1. The molecule has 1 amide bonds. The van der Waals surface area contributed by atoms with Crippen LogP contribution in [0.1, 0.15) is 42.6 Å². The van der Waals surface area contributed by atoms with E-state index in [0.29, 0.717) is 18.5 Å². The third-order valence-corrected chi connectivity index (χ3v) is 3.15. The van der Waals surface area contributed by atoms with Crippen LogP contribution in [0, 0.1) is 0 Å². The molecule has 0 spiro atoms. The van der Waals surface area contributed by atoms with Gasteiger partial charge in [0.1, 0.15) is 0 Å². The zero-order valence-electron chi connectivity index (χ0n) is 11.4. The smallest absolute Gasteiger partial charge is 0.222 e. The minimum atomic E-state index is 0.0241. The van der Waals surface area contributed by atoms with E-state index in [1.165, 1.54) is 5.56 Å². The van der Waals surface area contributed by atoms with Crippen molar-refractivity contribution >= 4 is 11.7 Å². The maximum atomic E-state index is 11.9. The maximum Gasteiger partial charge on any atom is 0.222 e. The molecule has 98 valence electrons. The number of rotatable bonds is 6. The number of nitrogens with zero attached hydrogens (tertiary/aromatic N) is 1. The Labute approximate surface area is 109 Å². The Morgan fingerprint density at radius 1 is 1.06 bits per heavy atom. The van der Waals surface area contributed by atoms with Gasteiger partial charge >= 0.3 is 0 Å². The number of benzene rings is 1. The SMILES string of the molecule is CCc1ccc(C(=O)CCC(=O)N(C)CC)cc1. The first-order valence-electron chi connectivity index (χ1n) is 6.44. The topological polar surface area (TPSA) is 37.4 Å². The summed E-state index contributed by atoms with van der Waals surface area (Å²) in [6.07, 6.45) is 1.54. The molecule has 0 fully saturated rings. The molecule has 18 heavy (non-hydrogen) atoms. The summed E-state index contributed by atoms with van der Waals surface area (Å²) in [5.41, 5.74) is 1.91.